The van der Waals surface area contributed by atoms with E-state index in [2.05, 4.69) is 233 Å². The number of fused-ring (bicyclic) bond motifs is 6. The summed E-state index contributed by atoms with van der Waals surface area (Å²) >= 11 is 0. The first kappa shape index (κ1) is 38.4. The van der Waals surface area contributed by atoms with E-state index in [1.165, 1.54) is 98.4 Å². The van der Waals surface area contributed by atoms with Gasteiger partial charge in [0.15, 0.2) is 0 Å². The Labute approximate surface area is 364 Å². The second-order valence-electron chi connectivity index (χ2n) is 16.1. The Morgan fingerprint density at radius 2 is 0.952 bits per heavy atom. The zero-order chi connectivity index (χ0) is 42.2. The Morgan fingerprint density at radius 3 is 1.63 bits per heavy atom. The average molecular weight is 791 g/mol. The van der Waals surface area contributed by atoms with Crippen molar-refractivity contribution in [2.75, 3.05) is 0 Å². The first-order valence-corrected chi connectivity index (χ1v) is 21.4. The van der Waals surface area contributed by atoms with E-state index < -0.39 is 0 Å². The molecule has 0 saturated carbocycles. The molecule has 0 atom stereocenters. The highest BCUT2D eigenvalue weighted by Gasteiger charge is 2.19. The monoisotopic (exact) mass is 790 g/mol. The second-order valence-corrected chi connectivity index (χ2v) is 16.1. The van der Waals surface area contributed by atoms with Gasteiger partial charge in [-0.25, -0.2) is 0 Å². The van der Waals surface area contributed by atoms with Crippen molar-refractivity contribution in [1.29, 1.82) is 0 Å². The number of rotatable bonds is 9. The van der Waals surface area contributed by atoms with Gasteiger partial charge in [-0.3, -0.25) is 0 Å². The van der Waals surface area contributed by atoms with Crippen LogP contribution in [0.5, 0.6) is 0 Å². The van der Waals surface area contributed by atoms with Crippen molar-refractivity contribution in [3.8, 4) is 44.5 Å². The molecule has 0 aliphatic rings. The maximum Gasteiger partial charge on any atom is -0.00261 e. The highest BCUT2D eigenvalue weighted by Crippen LogP contribution is 2.46. The lowest BCUT2D eigenvalue weighted by molar-refractivity contribution is 1.44. The highest BCUT2D eigenvalue weighted by molar-refractivity contribution is 6.23. The van der Waals surface area contributed by atoms with Crippen LogP contribution in [0.25, 0.3) is 104 Å². The maximum atomic E-state index is 4.33. The maximum absolute atomic E-state index is 4.33. The average Bonchev–Trinajstić information content (AvgIpc) is 3.32. The Kier molecular flexibility index (Phi) is 10.1. The lowest BCUT2D eigenvalue weighted by Crippen LogP contribution is -1.93. The molecule has 0 heteroatoms. The molecule has 0 aromatic heterocycles. The molecule has 0 saturated heterocycles. The minimum absolute atomic E-state index is 1.01. The van der Waals surface area contributed by atoms with Gasteiger partial charge in [-0.1, -0.05) is 225 Å². The minimum Gasteiger partial charge on any atom is -0.0991 e. The summed E-state index contributed by atoms with van der Waals surface area (Å²) in [7, 11) is 0. The summed E-state index contributed by atoms with van der Waals surface area (Å²) in [5.74, 6) is 0. The zero-order valence-corrected chi connectivity index (χ0v) is 35.2. The van der Waals surface area contributed by atoms with Crippen LogP contribution >= 0.6 is 0 Å². The third-order valence-corrected chi connectivity index (χ3v) is 12.3. The normalized spacial score (nSPS) is 12.3. The molecule has 0 fully saturated rings. The van der Waals surface area contributed by atoms with Gasteiger partial charge < -0.3 is 0 Å². The molecule has 0 aliphatic carbocycles. The van der Waals surface area contributed by atoms with Gasteiger partial charge in [-0.2, -0.15) is 0 Å². The van der Waals surface area contributed by atoms with Gasteiger partial charge in [0.05, 0.1) is 0 Å². The molecular weight excluding hydrogens is 745 g/mol. The predicted octanol–water partition coefficient (Wildman–Crippen LogP) is 17.8. The van der Waals surface area contributed by atoms with Gasteiger partial charge in [-0.05, 0) is 141 Å². The van der Waals surface area contributed by atoms with E-state index in [-0.39, 0.29) is 0 Å². The van der Waals surface area contributed by atoms with Crippen LogP contribution < -0.4 is 0 Å². The topological polar surface area (TPSA) is 0 Å². The molecular formula is C62H46. The molecule has 0 heterocycles. The number of hydrogen-bond donors (Lipinski definition) is 0. The van der Waals surface area contributed by atoms with Crippen LogP contribution in [0.4, 0.5) is 0 Å². The highest BCUT2D eigenvalue weighted by atomic mass is 14.2. The molecule has 10 rings (SSSR count). The van der Waals surface area contributed by atoms with Gasteiger partial charge in [0.25, 0.3) is 0 Å². The Hall–Kier alpha value is -7.80. The van der Waals surface area contributed by atoms with Gasteiger partial charge in [0.2, 0.25) is 0 Å². The smallest absolute Gasteiger partial charge is 0.00261 e. The fourth-order valence-electron chi connectivity index (χ4n) is 9.51. The Morgan fingerprint density at radius 1 is 0.419 bits per heavy atom. The van der Waals surface area contributed by atoms with E-state index in [1.54, 1.807) is 0 Å². The largest absolute Gasteiger partial charge is 0.0991 e. The van der Waals surface area contributed by atoms with E-state index in [9.17, 15) is 0 Å². The summed E-state index contributed by atoms with van der Waals surface area (Å²) in [6.45, 7) is 12.4. The van der Waals surface area contributed by atoms with E-state index >= 15 is 0 Å². The molecule has 0 radical (unpaired) electrons. The molecule has 62 heavy (non-hydrogen) atoms. The van der Waals surface area contributed by atoms with Crippen LogP contribution in [0, 0.1) is 0 Å². The molecule has 10 aromatic carbocycles. The summed E-state index contributed by atoms with van der Waals surface area (Å²) in [4.78, 5) is 0. The number of hydrogen-bond acceptors (Lipinski definition) is 0. The Bertz CT molecular complexity index is 3470. The van der Waals surface area contributed by atoms with Crippen LogP contribution in [0.1, 0.15) is 19.4 Å². The zero-order valence-electron chi connectivity index (χ0n) is 35.2. The molecule has 0 spiro atoms. The lowest BCUT2D eigenvalue weighted by Gasteiger charge is -2.20. The van der Waals surface area contributed by atoms with Crippen LogP contribution in [-0.2, 0) is 0 Å². The lowest BCUT2D eigenvalue weighted by atomic mass is 9.83. The van der Waals surface area contributed by atoms with Gasteiger partial charge in [-0.15, -0.1) is 0 Å². The molecule has 0 bridgehead atoms. The summed E-state index contributed by atoms with van der Waals surface area (Å²) < 4.78 is 0. The van der Waals surface area contributed by atoms with E-state index in [0.29, 0.717) is 0 Å². The molecule has 0 N–H and O–H groups in total. The second kappa shape index (κ2) is 16.3. The molecule has 0 aliphatic heterocycles. The quantitative estimate of drug-likeness (QED) is 0.0776. The first-order valence-electron chi connectivity index (χ1n) is 21.4. The third-order valence-electron chi connectivity index (χ3n) is 12.3. The fraction of sp³-hybridized carbons (Fsp3) is 0.0323. The van der Waals surface area contributed by atoms with Crippen LogP contribution in [0.15, 0.2) is 243 Å². The van der Waals surface area contributed by atoms with Crippen molar-refractivity contribution in [1.82, 2.24) is 0 Å². The first-order chi connectivity index (χ1) is 30.5. The van der Waals surface area contributed by atoms with Crippen molar-refractivity contribution in [2.24, 2.45) is 0 Å². The van der Waals surface area contributed by atoms with Gasteiger partial charge >= 0.3 is 0 Å². The molecule has 0 nitrogen and oxygen atoms in total. The van der Waals surface area contributed by atoms with Crippen LogP contribution in [-0.4, -0.2) is 0 Å². The van der Waals surface area contributed by atoms with Gasteiger partial charge in [0.1, 0.15) is 0 Å². The van der Waals surface area contributed by atoms with Crippen molar-refractivity contribution >= 4 is 59.4 Å². The summed E-state index contributed by atoms with van der Waals surface area (Å²) in [5.41, 5.74) is 14.1. The standard InChI is InChI=1S/C62H46/c1-5-7-21-49(41(3)4)50(17-6-2)43-29-35-46(36-30-43)62-57-27-15-14-26-56(57)61(45-33-31-44(32-34-45)52-28-16-20-42-18-8-10-22-51(42)52)58-38-37-48(40-60(58)62)59-39-47-19-9-11-23-53(47)54-24-12-13-25-55(54)59/h5-40H,1,3H2,2,4H3/b17-6-,21-7-,50-49+. The number of allylic oxidation sites excluding steroid dienone is 8. The van der Waals surface area contributed by atoms with Crippen LogP contribution in [0.3, 0.4) is 0 Å². The van der Waals surface area contributed by atoms with E-state index in [4.69, 9.17) is 0 Å². The minimum atomic E-state index is 1.01. The molecule has 0 unspecified atom stereocenters. The summed E-state index contributed by atoms with van der Waals surface area (Å²) in [6, 6.07) is 69.6. The van der Waals surface area contributed by atoms with Crippen molar-refractivity contribution in [3.05, 3.63) is 248 Å². The summed E-state index contributed by atoms with van der Waals surface area (Å²) in [5, 5.41) is 12.5. The van der Waals surface area contributed by atoms with Crippen molar-refractivity contribution in [3.63, 3.8) is 0 Å². The molecule has 294 valence electrons. The fourth-order valence-corrected chi connectivity index (χ4v) is 9.51. The molecule has 0 amide bonds. The summed E-state index contributed by atoms with van der Waals surface area (Å²) in [6.07, 6.45) is 10.2. The van der Waals surface area contributed by atoms with Crippen molar-refractivity contribution < 1.29 is 0 Å². The van der Waals surface area contributed by atoms with E-state index in [1.807, 2.05) is 12.2 Å². The number of benzene rings is 10. The Balaban J connectivity index is 1.23. The third kappa shape index (κ3) is 6.77. The van der Waals surface area contributed by atoms with Gasteiger partial charge in [0, 0.05) is 0 Å². The van der Waals surface area contributed by atoms with Crippen molar-refractivity contribution in [2.45, 2.75) is 13.8 Å². The predicted molar refractivity (Wildman–Crippen MR) is 272 cm³/mol. The SMILES string of the molecule is C=C\C=C/C(C(=C)C)=C(/C=C\C)c1ccc(-c2c3ccccc3c(-c3ccc(-c4cccc5ccccc45)cc3)c3ccc(-c4cc5ccccc5c5ccccc45)cc23)cc1. The molecule has 10 aromatic rings. The van der Waals surface area contributed by atoms with E-state index in [0.717, 1.165) is 22.3 Å². The van der Waals surface area contributed by atoms with Crippen LogP contribution in [0.2, 0.25) is 0 Å².